The number of imide groups is 1. The summed E-state index contributed by atoms with van der Waals surface area (Å²) < 4.78 is 28.1. The van der Waals surface area contributed by atoms with E-state index in [9.17, 15) is 18.0 Å². The SMILES string of the molecule is O=C1C[C@H](N2CCN(S(=O)(=O)c3ccccc3Br)CC2)C(=O)N1c1cccc2ccccc12. The quantitative estimate of drug-likeness (QED) is 0.486. The van der Waals surface area contributed by atoms with Crippen LogP contribution < -0.4 is 4.90 Å². The van der Waals surface area contributed by atoms with Gasteiger partial charge in [-0.2, -0.15) is 4.31 Å². The van der Waals surface area contributed by atoms with E-state index in [-0.39, 0.29) is 36.2 Å². The van der Waals surface area contributed by atoms with Crippen LogP contribution in [0.2, 0.25) is 0 Å². The van der Waals surface area contributed by atoms with E-state index >= 15 is 0 Å². The fraction of sp³-hybridized carbons (Fsp3) is 0.250. The number of carbonyl (C=O) groups is 2. The van der Waals surface area contributed by atoms with Gasteiger partial charge in [-0.05, 0) is 39.5 Å². The van der Waals surface area contributed by atoms with Gasteiger partial charge < -0.3 is 0 Å². The molecule has 2 amide bonds. The van der Waals surface area contributed by atoms with Gasteiger partial charge in [0.1, 0.15) is 0 Å². The van der Waals surface area contributed by atoms with E-state index in [2.05, 4.69) is 15.9 Å². The molecule has 2 saturated heterocycles. The molecule has 2 heterocycles. The summed E-state index contributed by atoms with van der Waals surface area (Å²) in [5.41, 5.74) is 0.598. The van der Waals surface area contributed by atoms with Crippen LogP contribution in [0.25, 0.3) is 10.8 Å². The number of hydrogen-bond acceptors (Lipinski definition) is 5. The molecule has 7 nitrogen and oxygen atoms in total. The summed E-state index contributed by atoms with van der Waals surface area (Å²) >= 11 is 3.32. The molecule has 33 heavy (non-hydrogen) atoms. The number of benzene rings is 3. The minimum absolute atomic E-state index is 0.0963. The fourth-order valence-electron chi connectivity index (χ4n) is 4.61. The highest BCUT2D eigenvalue weighted by atomic mass is 79.9. The summed E-state index contributed by atoms with van der Waals surface area (Å²) in [5.74, 6) is -0.483. The number of sulfonamides is 1. The number of fused-ring (bicyclic) bond motifs is 1. The third kappa shape index (κ3) is 3.89. The number of piperazine rings is 1. The molecule has 170 valence electrons. The van der Waals surface area contributed by atoms with Gasteiger partial charge >= 0.3 is 0 Å². The molecular weight excluding hydrogens is 506 g/mol. The van der Waals surface area contributed by atoms with Crippen molar-refractivity contribution in [3.05, 3.63) is 71.2 Å². The number of halogens is 1. The smallest absolute Gasteiger partial charge is 0.251 e. The number of hydrogen-bond donors (Lipinski definition) is 0. The molecule has 5 rings (SSSR count). The van der Waals surface area contributed by atoms with Crippen LogP contribution in [0.5, 0.6) is 0 Å². The molecule has 3 aromatic rings. The molecule has 0 bridgehead atoms. The second-order valence-electron chi connectivity index (χ2n) is 8.16. The van der Waals surface area contributed by atoms with Gasteiger partial charge in [-0.25, -0.2) is 13.3 Å². The highest BCUT2D eigenvalue weighted by molar-refractivity contribution is 9.10. The summed E-state index contributed by atoms with van der Waals surface area (Å²) in [4.78, 5) is 29.7. The van der Waals surface area contributed by atoms with Crippen molar-refractivity contribution in [3.63, 3.8) is 0 Å². The van der Waals surface area contributed by atoms with E-state index in [4.69, 9.17) is 0 Å². The minimum atomic E-state index is -3.64. The lowest BCUT2D eigenvalue weighted by atomic mass is 10.1. The Balaban J connectivity index is 1.33. The Hall–Kier alpha value is -2.59. The standard InChI is InChI=1S/C24H22BrN3O4S/c25-19-9-3-4-11-22(19)33(31,32)27-14-12-26(13-15-27)21-16-23(29)28(24(21)30)20-10-5-7-17-6-1-2-8-18(17)20/h1-11,21H,12-16H2/t21-/m0/s1. The van der Waals surface area contributed by atoms with Gasteiger partial charge in [-0.3, -0.25) is 14.5 Å². The fourth-order valence-corrected chi connectivity index (χ4v) is 6.99. The van der Waals surface area contributed by atoms with E-state index in [1.165, 1.54) is 9.21 Å². The predicted molar refractivity (Wildman–Crippen MR) is 129 cm³/mol. The zero-order chi connectivity index (χ0) is 23.2. The van der Waals surface area contributed by atoms with Crippen LogP contribution in [0.15, 0.2) is 76.1 Å². The zero-order valence-corrected chi connectivity index (χ0v) is 20.1. The Morgan fingerprint density at radius 3 is 2.24 bits per heavy atom. The Labute approximate surface area is 200 Å². The average Bonchev–Trinajstić information content (AvgIpc) is 3.12. The van der Waals surface area contributed by atoms with Crippen LogP contribution in [0.4, 0.5) is 5.69 Å². The Kier molecular flexibility index (Phi) is 5.82. The van der Waals surface area contributed by atoms with Crippen LogP contribution in [0.3, 0.4) is 0 Å². The van der Waals surface area contributed by atoms with Crippen molar-refractivity contribution in [2.24, 2.45) is 0 Å². The number of carbonyl (C=O) groups excluding carboxylic acids is 2. The first-order chi connectivity index (χ1) is 15.9. The number of nitrogens with zero attached hydrogens (tertiary/aromatic N) is 3. The molecule has 0 radical (unpaired) electrons. The molecule has 0 unspecified atom stereocenters. The topological polar surface area (TPSA) is 78.0 Å². The highest BCUT2D eigenvalue weighted by Gasteiger charge is 2.44. The second kappa shape index (κ2) is 8.64. The first-order valence-corrected chi connectivity index (χ1v) is 12.9. The number of rotatable bonds is 4. The van der Waals surface area contributed by atoms with Gasteiger partial charge in [0.15, 0.2) is 0 Å². The van der Waals surface area contributed by atoms with Crippen molar-refractivity contribution in [2.75, 3.05) is 31.1 Å². The van der Waals surface area contributed by atoms with E-state index < -0.39 is 16.1 Å². The molecule has 2 fully saturated rings. The van der Waals surface area contributed by atoms with Gasteiger partial charge in [0.25, 0.3) is 5.91 Å². The Morgan fingerprint density at radius 2 is 1.48 bits per heavy atom. The summed E-state index contributed by atoms with van der Waals surface area (Å²) in [7, 11) is -3.64. The van der Waals surface area contributed by atoms with Crippen LogP contribution in [0.1, 0.15) is 6.42 Å². The van der Waals surface area contributed by atoms with E-state index in [0.717, 1.165) is 10.8 Å². The molecule has 0 aromatic heterocycles. The van der Waals surface area contributed by atoms with Crippen molar-refractivity contribution in [2.45, 2.75) is 17.4 Å². The summed E-state index contributed by atoms with van der Waals surface area (Å²) in [6.45, 7) is 1.29. The number of amides is 2. The lowest BCUT2D eigenvalue weighted by Crippen LogP contribution is -2.53. The number of anilines is 1. The van der Waals surface area contributed by atoms with Gasteiger partial charge in [-0.15, -0.1) is 0 Å². The molecular formula is C24H22BrN3O4S. The molecule has 2 aliphatic heterocycles. The van der Waals surface area contributed by atoms with Crippen LogP contribution in [-0.2, 0) is 19.6 Å². The maximum Gasteiger partial charge on any atom is 0.251 e. The first kappa shape index (κ1) is 22.2. The monoisotopic (exact) mass is 527 g/mol. The van der Waals surface area contributed by atoms with Crippen molar-refractivity contribution in [1.29, 1.82) is 0 Å². The zero-order valence-electron chi connectivity index (χ0n) is 17.7. The summed E-state index contributed by atoms with van der Waals surface area (Å²) in [6, 6.07) is 19.4. The van der Waals surface area contributed by atoms with Gasteiger partial charge in [0.2, 0.25) is 15.9 Å². The molecule has 0 aliphatic carbocycles. The van der Waals surface area contributed by atoms with Crippen molar-refractivity contribution in [1.82, 2.24) is 9.21 Å². The van der Waals surface area contributed by atoms with E-state index in [0.29, 0.717) is 23.2 Å². The van der Waals surface area contributed by atoms with Crippen molar-refractivity contribution in [3.8, 4) is 0 Å². The maximum atomic E-state index is 13.3. The Morgan fingerprint density at radius 1 is 0.818 bits per heavy atom. The summed E-state index contributed by atoms with van der Waals surface area (Å²) in [6.07, 6.45) is 0.0963. The third-order valence-corrected chi connectivity index (χ3v) is 9.21. The Bertz CT molecular complexity index is 1350. The normalized spacial score (nSPS) is 20.6. The lowest BCUT2D eigenvalue weighted by molar-refractivity contribution is -0.123. The van der Waals surface area contributed by atoms with Crippen molar-refractivity contribution >= 4 is 54.2 Å². The van der Waals surface area contributed by atoms with Gasteiger partial charge in [0, 0.05) is 36.0 Å². The maximum absolute atomic E-state index is 13.3. The molecule has 0 saturated carbocycles. The average molecular weight is 528 g/mol. The largest absolute Gasteiger partial charge is 0.289 e. The van der Waals surface area contributed by atoms with Crippen LogP contribution in [0, 0.1) is 0 Å². The second-order valence-corrected chi connectivity index (χ2v) is 10.9. The molecule has 0 spiro atoms. The van der Waals surface area contributed by atoms with Gasteiger partial charge in [-0.1, -0.05) is 48.5 Å². The van der Waals surface area contributed by atoms with Crippen LogP contribution >= 0.6 is 15.9 Å². The van der Waals surface area contributed by atoms with Gasteiger partial charge in [0.05, 0.1) is 23.0 Å². The van der Waals surface area contributed by atoms with E-state index in [1.54, 1.807) is 30.3 Å². The predicted octanol–water partition coefficient (Wildman–Crippen LogP) is 3.24. The molecule has 0 N–H and O–H groups in total. The van der Waals surface area contributed by atoms with Crippen LogP contribution in [-0.4, -0.2) is 61.7 Å². The minimum Gasteiger partial charge on any atom is -0.289 e. The summed E-state index contributed by atoms with van der Waals surface area (Å²) in [5, 5.41) is 1.82. The molecule has 2 aliphatic rings. The molecule has 1 atom stereocenters. The molecule has 9 heteroatoms. The van der Waals surface area contributed by atoms with E-state index in [1.807, 2.05) is 41.3 Å². The third-order valence-electron chi connectivity index (χ3n) is 6.30. The highest BCUT2D eigenvalue weighted by Crippen LogP contribution is 2.33. The lowest BCUT2D eigenvalue weighted by Gasteiger charge is -2.36. The molecule has 3 aromatic carbocycles. The van der Waals surface area contributed by atoms with Crippen molar-refractivity contribution < 1.29 is 18.0 Å². The first-order valence-electron chi connectivity index (χ1n) is 10.7.